The number of rotatable bonds is 0. The van der Waals surface area contributed by atoms with Gasteiger partial charge in [0.1, 0.15) is 0 Å². The fourth-order valence-corrected chi connectivity index (χ4v) is 1.75. The van der Waals surface area contributed by atoms with Crippen LogP contribution >= 0.6 is 0 Å². The Morgan fingerprint density at radius 2 is 0.818 bits per heavy atom. The Balaban J connectivity index is 0.000000326. The van der Waals surface area contributed by atoms with Crippen molar-refractivity contribution < 1.29 is 24.2 Å². The van der Waals surface area contributed by atoms with Crippen LogP contribution in [0, 0.1) is 0 Å². The molecular weight excluding hydrogens is 343 g/mol. The summed E-state index contributed by atoms with van der Waals surface area (Å²) in [5.74, 6) is 0. The van der Waals surface area contributed by atoms with Crippen molar-refractivity contribution in [1.29, 1.82) is 0 Å². The molecule has 2 aromatic rings. The third-order valence-corrected chi connectivity index (χ3v) is 3.06. The van der Waals surface area contributed by atoms with Gasteiger partial charge in [-0.25, -0.2) is 24.3 Å². The summed E-state index contributed by atoms with van der Waals surface area (Å²) in [6, 6.07) is 17.0. The monoisotopic (exact) mass is 374 g/mol. The van der Waals surface area contributed by atoms with E-state index in [1.807, 2.05) is 0 Å². The van der Waals surface area contributed by atoms with Gasteiger partial charge >= 0.3 is 41.3 Å². The topological polar surface area (TPSA) is 0 Å². The summed E-state index contributed by atoms with van der Waals surface area (Å²) < 4.78 is 1.51. The van der Waals surface area contributed by atoms with Gasteiger partial charge in [-0.15, -0.1) is 0 Å². The Bertz CT molecular complexity index is 451. The van der Waals surface area contributed by atoms with Gasteiger partial charge in [0.15, 0.2) is 0 Å². The SMILES string of the molecule is CC(C)(C)[c-]1cccc1.CC(C)(C)[c-]1cccc1.C[C](C)=[Zr+2]. The molecule has 0 nitrogen and oxygen atoms in total. The van der Waals surface area contributed by atoms with Crippen molar-refractivity contribution >= 4 is 3.21 Å². The van der Waals surface area contributed by atoms with Crippen LogP contribution in [0.2, 0.25) is 0 Å². The van der Waals surface area contributed by atoms with Gasteiger partial charge in [0.25, 0.3) is 0 Å². The maximum absolute atomic E-state index is 2.22. The summed E-state index contributed by atoms with van der Waals surface area (Å²) >= 11 is 1.55. The molecule has 0 saturated heterocycles. The molecule has 0 aliphatic carbocycles. The quantitative estimate of drug-likeness (QED) is 0.484. The molecule has 0 unspecified atom stereocenters. The molecule has 0 aliphatic rings. The zero-order chi connectivity index (χ0) is 17.4. The van der Waals surface area contributed by atoms with Crippen LogP contribution < -0.4 is 0 Å². The Morgan fingerprint density at radius 3 is 0.909 bits per heavy atom. The predicted octanol–water partition coefficient (Wildman–Crippen LogP) is 6.15. The third-order valence-electron chi connectivity index (χ3n) is 3.06. The Kier molecular flexibility index (Phi) is 9.32. The summed E-state index contributed by atoms with van der Waals surface area (Å²) in [7, 11) is 0. The molecule has 1 heteroatoms. The second-order valence-corrected chi connectivity index (χ2v) is 10.3. The first-order valence-corrected chi connectivity index (χ1v) is 9.13. The second kappa shape index (κ2) is 9.56. The number of hydrogen-bond donors (Lipinski definition) is 0. The minimum atomic E-state index is 0.323. The van der Waals surface area contributed by atoms with Crippen LogP contribution in [0.4, 0.5) is 0 Å². The molecule has 0 saturated carbocycles. The molecule has 0 bridgehead atoms. The van der Waals surface area contributed by atoms with Crippen LogP contribution in [-0.2, 0) is 35.1 Å². The zero-order valence-electron chi connectivity index (χ0n) is 15.6. The maximum atomic E-state index is 2.22. The molecule has 22 heavy (non-hydrogen) atoms. The van der Waals surface area contributed by atoms with Crippen LogP contribution in [0.3, 0.4) is 0 Å². The van der Waals surface area contributed by atoms with E-state index in [0.29, 0.717) is 10.8 Å². The van der Waals surface area contributed by atoms with E-state index in [1.54, 1.807) is 24.2 Å². The summed E-state index contributed by atoms with van der Waals surface area (Å²) in [5.41, 5.74) is 3.48. The van der Waals surface area contributed by atoms with Crippen LogP contribution in [0.25, 0.3) is 0 Å². The molecule has 2 aromatic carbocycles. The van der Waals surface area contributed by atoms with E-state index in [0.717, 1.165) is 0 Å². The van der Waals surface area contributed by atoms with E-state index in [9.17, 15) is 0 Å². The summed E-state index contributed by atoms with van der Waals surface area (Å²) in [6.07, 6.45) is 0. The van der Waals surface area contributed by atoms with Gasteiger partial charge < -0.3 is 0 Å². The fraction of sp³-hybridized carbons (Fsp3) is 0.476. The molecule has 0 spiro atoms. The van der Waals surface area contributed by atoms with Crippen LogP contribution in [0.5, 0.6) is 0 Å². The van der Waals surface area contributed by atoms with Crippen LogP contribution in [0.1, 0.15) is 66.5 Å². The molecule has 0 amide bonds. The molecule has 0 atom stereocenters. The molecule has 2 rings (SSSR count). The van der Waals surface area contributed by atoms with Gasteiger partial charge in [0.2, 0.25) is 0 Å². The number of hydrogen-bond acceptors (Lipinski definition) is 0. The van der Waals surface area contributed by atoms with Crippen molar-refractivity contribution in [2.45, 2.75) is 66.2 Å². The second-order valence-electron chi connectivity index (χ2n) is 7.85. The minimum absolute atomic E-state index is 0.323. The molecule has 0 aliphatic heterocycles. The predicted molar refractivity (Wildman–Crippen MR) is 97.8 cm³/mol. The summed E-state index contributed by atoms with van der Waals surface area (Å²) in [4.78, 5) is 0. The van der Waals surface area contributed by atoms with E-state index in [1.165, 1.54) is 14.3 Å². The van der Waals surface area contributed by atoms with E-state index in [-0.39, 0.29) is 0 Å². The molecule has 0 radical (unpaired) electrons. The van der Waals surface area contributed by atoms with Crippen molar-refractivity contribution in [2.75, 3.05) is 0 Å². The van der Waals surface area contributed by atoms with Crippen molar-refractivity contribution in [3.63, 3.8) is 0 Å². The van der Waals surface area contributed by atoms with E-state index in [4.69, 9.17) is 0 Å². The average molecular weight is 376 g/mol. The van der Waals surface area contributed by atoms with Gasteiger partial charge in [-0.1, -0.05) is 52.4 Å². The van der Waals surface area contributed by atoms with Crippen molar-refractivity contribution in [1.82, 2.24) is 0 Å². The van der Waals surface area contributed by atoms with Gasteiger partial charge in [-0.3, -0.25) is 0 Å². The normalized spacial score (nSPS) is 11.0. The van der Waals surface area contributed by atoms with Crippen LogP contribution in [0.15, 0.2) is 48.5 Å². The Morgan fingerprint density at radius 1 is 0.636 bits per heavy atom. The van der Waals surface area contributed by atoms with E-state index >= 15 is 0 Å². The van der Waals surface area contributed by atoms with Gasteiger partial charge in [0, 0.05) is 0 Å². The van der Waals surface area contributed by atoms with Gasteiger partial charge in [-0.05, 0) is 0 Å². The summed E-state index contributed by atoms with van der Waals surface area (Å²) in [5, 5.41) is 0. The molecule has 0 aromatic heterocycles. The molecular formula is C21H32Zr. The molecule has 0 N–H and O–H groups in total. The van der Waals surface area contributed by atoms with Crippen molar-refractivity contribution in [3.8, 4) is 0 Å². The standard InChI is InChI=1S/2C9H13.C3H6.Zr/c2*1-9(2,3)8-6-4-5-7-8;1-3-2;/h2*4-7H,1-3H3;1-2H3;/q2*-1;;+2. The average Bonchev–Trinajstić information content (AvgIpc) is 3.02. The summed E-state index contributed by atoms with van der Waals surface area (Å²) in [6.45, 7) is 17.6. The van der Waals surface area contributed by atoms with E-state index in [2.05, 4.69) is 104 Å². The van der Waals surface area contributed by atoms with Crippen LogP contribution in [-0.4, -0.2) is 3.21 Å². The molecule has 0 fully saturated rings. The first-order chi connectivity index (χ1) is 9.94. The first kappa shape index (κ1) is 21.5. The molecule has 0 heterocycles. The van der Waals surface area contributed by atoms with Crippen molar-refractivity contribution in [3.05, 3.63) is 59.7 Å². The third kappa shape index (κ3) is 10.2. The fourth-order valence-electron chi connectivity index (χ4n) is 1.75. The van der Waals surface area contributed by atoms with Crippen molar-refractivity contribution in [2.24, 2.45) is 0 Å². The van der Waals surface area contributed by atoms with E-state index < -0.39 is 0 Å². The van der Waals surface area contributed by atoms with Gasteiger partial charge in [0.05, 0.1) is 0 Å². The Labute approximate surface area is 153 Å². The zero-order valence-corrected chi connectivity index (χ0v) is 18.1. The molecule has 120 valence electrons. The first-order valence-electron chi connectivity index (χ1n) is 7.90. The Hall–Kier alpha value is -0.547. The van der Waals surface area contributed by atoms with Gasteiger partial charge in [-0.2, -0.15) is 35.4 Å².